The molecule has 0 amide bonds. The van der Waals surface area contributed by atoms with Crippen molar-refractivity contribution in [3.05, 3.63) is 50.2 Å². The summed E-state index contributed by atoms with van der Waals surface area (Å²) in [5.41, 5.74) is 7.69. The molecule has 2 aromatic rings. The van der Waals surface area contributed by atoms with Crippen LogP contribution in [0.1, 0.15) is 25.7 Å². The molecule has 1 aromatic carbocycles. The standard InChI is InChI=1S/C13H12ClNOS/c1-7-5-8(2)17-13(7)12(16)9-3-4-11(15)10(14)6-9/h3-6H,15H2,1-2H3. The number of carbonyl (C=O) groups excluding carboxylic acids is 1. The van der Waals surface area contributed by atoms with Crippen molar-refractivity contribution in [2.75, 3.05) is 5.73 Å². The molecule has 2 rings (SSSR count). The first kappa shape index (κ1) is 12.1. The molecular formula is C13H12ClNOS. The molecule has 4 heteroatoms. The van der Waals surface area contributed by atoms with E-state index in [4.69, 9.17) is 17.3 Å². The van der Waals surface area contributed by atoms with E-state index < -0.39 is 0 Å². The summed E-state index contributed by atoms with van der Waals surface area (Å²) in [6.45, 7) is 3.93. The molecule has 2 N–H and O–H groups in total. The zero-order chi connectivity index (χ0) is 12.6. The van der Waals surface area contributed by atoms with E-state index in [9.17, 15) is 4.79 Å². The lowest BCUT2D eigenvalue weighted by Crippen LogP contribution is -2.01. The highest BCUT2D eigenvalue weighted by Gasteiger charge is 2.15. The van der Waals surface area contributed by atoms with E-state index in [0.717, 1.165) is 15.3 Å². The maximum Gasteiger partial charge on any atom is 0.203 e. The molecule has 0 aliphatic carbocycles. The predicted molar refractivity (Wildman–Crippen MR) is 73.1 cm³/mol. The number of aryl methyl sites for hydroxylation is 2. The number of hydrogen-bond donors (Lipinski definition) is 1. The number of hydrogen-bond acceptors (Lipinski definition) is 3. The fourth-order valence-corrected chi connectivity index (χ4v) is 2.83. The van der Waals surface area contributed by atoms with Crippen LogP contribution in [-0.2, 0) is 0 Å². The molecule has 1 aromatic heterocycles. The average molecular weight is 266 g/mol. The minimum Gasteiger partial charge on any atom is -0.398 e. The van der Waals surface area contributed by atoms with Gasteiger partial charge in [-0.15, -0.1) is 11.3 Å². The van der Waals surface area contributed by atoms with Crippen molar-refractivity contribution >= 4 is 34.4 Å². The number of ketones is 1. The lowest BCUT2D eigenvalue weighted by atomic mass is 10.1. The first-order valence-electron chi connectivity index (χ1n) is 5.16. The Morgan fingerprint density at radius 3 is 2.53 bits per heavy atom. The highest BCUT2D eigenvalue weighted by Crippen LogP contribution is 2.26. The van der Waals surface area contributed by atoms with E-state index in [0.29, 0.717) is 16.3 Å². The number of benzene rings is 1. The quantitative estimate of drug-likeness (QED) is 0.662. The summed E-state index contributed by atoms with van der Waals surface area (Å²) in [6.07, 6.45) is 0. The average Bonchev–Trinajstić information content (AvgIpc) is 2.61. The van der Waals surface area contributed by atoms with Crippen molar-refractivity contribution in [1.82, 2.24) is 0 Å². The Morgan fingerprint density at radius 1 is 1.29 bits per heavy atom. The van der Waals surface area contributed by atoms with Crippen molar-refractivity contribution in [2.24, 2.45) is 0 Å². The second-order valence-corrected chi connectivity index (χ2v) is 5.60. The Kier molecular flexibility index (Phi) is 3.22. The van der Waals surface area contributed by atoms with Gasteiger partial charge in [0.15, 0.2) is 0 Å². The Hall–Kier alpha value is -1.32. The van der Waals surface area contributed by atoms with E-state index in [1.165, 1.54) is 11.3 Å². The molecule has 0 saturated carbocycles. The normalized spacial score (nSPS) is 10.5. The highest BCUT2D eigenvalue weighted by atomic mass is 35.5. The summed E-state index contributed by atoms with van der Waals surface area (Å²) in [6, 6.07) is 6.99. The van der Waals surface area contributed by atoms with Gasteiger partial charge in [0.25, 0.3) is 0 Å². The monoisotopic (exact) mass is 265 g/mol. The molecule has 0 atom stereocenters. The summed E-state index contributed by atoms with van der Waals surface area (Å²) < 4.78 is 0. The molecule has 0 unspecified atom stereocenters. The second kappa shape index (κ2) is 4.51. The number of thiophene rings is 1. The Morgan fingerprint density at radius 2 is 2.00 bits per heavy atom. The molecule has 0 spiro atoms. The van der Waals surface area contributed by atoms with E-state index in [1.807, 2.05) is 19.9 Å². The van der Waals surface area contributed by atoms with Crippen molar-refractivity contribution < 1.29 is 4.79 Å². The lowest BCUT2D eigenvalue weighted by Gasteiger charge is -2.02. The van der Waals surface area contributed by atoms with Crippen molar-refractivity contribution in [3.63, 3.8) is 0 Å². The Balaban J connectivity index is 2.44. The zero-order valence-corrected chi connectivity index (χ0v) is 11.2. The summed E-state index contributed by atoms with van der Waals surface area (Å²) in [5.74, 6) is 0.00231. The van der Waals surface area contributed by atoms with Crippen LogP contribution in [0.3, 0.4) is 0 Å². The number of rotatable bonds is 2. The third-order valence-corrected chi connectivity index (χ3v) is 3.99. The summed E-state index contributed by atoms with van der Waals surface area (Å²) >= 11 is 7.42. The third kappa shape index (κ3) is 2.35. The number of nitrogen functional groups attached to an aromatic ring is 1. The molecule has 0 aliphatic rings. The van der Waals surface area contributed by atoms with Gasteiger partial charge in [0.1, 0.15) is 0 Å². The van der Waals surface area contributed by atoms with Gasteiger partial charge < -0.3 is 5.73 Å². The van der Waals surface area contributed by atoms with Gasteiger partial charge in [-0.05, 0) is 43.7 Å². The molecule has 2 nitrogen and oxygen atoms in total. The van der Waals surface area contributed by atoms with Crippen LogP contribution < -0.4 is 5.73 Å². The van der Waals surface area contributed by atoms with Gasteiger partial charge in [-0.1, -0.05) is 11.6 Å². The van der Waals surface area contributed by atoms with Crippen LogP contribution in [-0.4, -0.2) is 5.78 Å². The van der Waals surface area contributed by atoms with Gasteiger partial charge in [-0.25, -0.2) is 0 Å². The SMILES string of the molecule is Cc1cc(C)c(C(=O)c2ccc(N)c(Cl)c2)s1. The van der Waals surface area contributed by atoms with Crippen LogP contribution in [0.4, 0.5) is 5.69 Å². The minimum absolute atomic E-state index is 0.00231. The predicted octanol–water partition coefficient (Wildman–Crippen LogP) is 3.83. The van der Waals surface area contributed by atoms with Crippen LogP contribution in [0.2, 0.25) is 5.02 Å². The molecule has 0 radical (unpaired) electrons. The third-order valence-electron chi connectivity index (χ3n) is 2.51. The molecule has 0 fully saturated rings. The van der Waals surface area contributed by atoms with Gasteiger partial charge in [0.2, 0.25) is 5.78 Å². The van der Waals surface area contributed by atoms with Gasteiger partial charge in [-0.2, -0.15) is 0 Å². The van der Waals surface area contributed by atoms with Gasteiger partial charge >= 0.3 is 0 Å². The largest absolute Gasteiger partial charge is 0.398 e. The summed E-state index contributed by atoms with van der Waals surface area (Å²) in [5, 5.41) is 0.418. The highest BCUT2D eigenvalue weighted by molar-refractivity contribution is 7.14. The zero-order valence-electron chi connectivity index (χ0n) is 9.58. The number of carbonyl (C=O) groups is 1. The minimum atomic E-state index is 0.00231. The van der Waals surface area contributed by atoms with E-state index >= 15 is 0 Å². The van der Waals surface area contributed by atoms with Crippen molar-refractivity contribution in [1.29, 1.82) is 0 Å². The first-order valence-corrected chi connectivity index (χ1v) is 6.35. The fourth-order valence-electron chi connectivity index (χ4n) is 1.67. The number of nitrogens with two attached hydrogens (primary N) is 1. The summed E-state index contributed by atoms with van der Waals surface area (Å²) in [4.78, 5) is 14.2. The van der Waals surface area contributed by atoms with Crippen LogP contribution in [0, 0.1) is 13.8 Å². The molecule has 1 heterocycles. The van der Waals surface area contributed by atoms with Gasteiger partial charge in [0.05, 0.1) is 15.6 Å². The smallest absolute Gasteiger partial charge is 0.203 e. The van der Waals surface area contributed by atoms with Gasteiger partial charge in [-0.3, -0.25) is 4.79 Å². The first-order chi connectivity index (χ1) is 7.99. The molecule has 88 valence electrons. The topological polar surface area (TPSA) is 43.1 Å². The maximum atomic E-state index is 12.3. The number of anilines is 1. The Labute approximate surface area is 109 Å². The van der Waals surface area contributed by atoms with Gasteiger partial charge in [0, 0.05) is 10.4 Å². The van der Waals surface area contributed by atoms with Crippen LogP contribution in [0.15, 0.2) is 24.3 Å². The molecule has 17 heavy (non-hydrogen) atoms. The number of halogens is 1. The van der Waals surface area contributed by atoms with E-state index in [-0.39, 0.29) is 5.78 Å². The molecule has 0 aliphatic heterocycles. The maximum absolute atomic E-state index is 12.3. The van der Waals surface area contributed by atoms with Crippen LogP contribution in [0.25, 0.3) is 0 Å². The van der Waals surface area contributed by atoms with Crippen molar-refractivity contribution in [2.45, 2.75) is 13.8 Å². The van der Waals surface area contributed by atoms with E-state index in [1.54, 1.807) is 18.2 Å². The van der Waals surface area contributed by atoms with Crippen LogP contribution >= 0.6 is 22.9 Å². The molecule has 0 bridgehead atoms. The summed E-state index contributed by atoms with van der Waals surface area (Å²) in [7, 11) is 0. The van der Waals surface area contributed by atoms with E-state index in [2.05, 4.69) is 0 Å². The molecule has 0 saturated heterocycles. The van der Waals surface area contributed by atoms with Crippen molar-refractivity contribution in [3.8, 4) is 0 Å². The second-order valence-electron chi connectivity index (χ2n) is 3.93. The Bertz CT molecular complexity index is 589. The molecular weight excluding hydrogens is 254 g/mol. The fraction of sp³-hybridized carbons (Fsp3) is 0.154. The lowest BCUT2D eigenvalue weighted by molar-refractivity contribution is 0.104. The van der Waals surface area contributed by atoms with Crippen LogP contribution in [0.5, 0.6) is 0 Å².